The molecule has 3 unspecified atom stereocenters. The molecule has 0 heterocycles. The lowest BCUT2D eigenvalue weighted by atomic mass is 9.79. The van der Waals surface area contributed by atoms with Gasteiger partial charge in [-0.25, -0.2) is 0 Å². The Hall–Kier alpha value is -1.36. The van der Waals surface area contributed by atoms with Crippen LogP contribution >= 0.6 is 0 Å². The minimum Gasteiger partial charge on any atom is -0.550 e. The van der Waals surface area contributed by atoms with Crippen molar-refractivity contribution in [2.24, 2.45) is 11.8 Å². The smallest absolute Gasteiger partial charge is 0.389 e. The first-order valence-corrected chi connectivity index (χ1v) is 11.4. The Labute approximate surface area is 168 Å². The van der Waals surface area contributed by atoms with Gasteiger partial charge in [0.15, 0.2) is 0 Å². The topological polar surface area (TPSA) is 124 Å². The molecule has 7 nitrogen and oxygen atoms in total. The highest BCUT2D eigenvalue weighted by Crippen LogP contribution is 2.32. The van der Waals surface area contributed by atoms with Gasteiger partial charge < -0.3 is 19.8 Å². The monoisotopic (exact) mass is 444 g/mol. The molecule has 3 atom stereocenters. The number of rotatable bonds is 13. The van der Waals surface area contributed by atoms with Gasteiger partial charge in [-0.15, -0.1) is 0 Å². The summed E-state index contributed by atoms with van der Waals surface area (Å²) in [5.41, 5.74) is 0. The number of carbonyl (C=O) groups is 2. The van der Waals surface area contributed by atoms with Crippen LogP contribution in [0.5, 0.6) is 0 Å². The van der Waals surface area contributed by atoms with Crippen LogP contribution in [0.3, 0.4) is 0 Å². The van der Waals surface area contributed by atoms with Crippen LogP contribution < -0.4 is 10.2 Å². The minimum absolute atomic E-state index is 0.0333. The summed E-state index contributed by atoms with van der Waals surface area (Å²) in [5.74, 6) is -5.55. The molecule has 0 radical (unpaired) electrons. The van der Waals surface area contributed by atoms with Crippen LogP contribution in [0.25, 0.3) is 0 Å². The van der Waals surface area contributed by atoms with E-state index in [4.69, 9.17) is 4.18 Å². The highest BCUT2D eigenvalue weighted by molar-refractivity contribution is 7.86. The average Bonchev–Trinajstić information content (AvgIpc) is 2.58. The summed E-state index contributed by atoms with van der Waals surface area (Å²) < 4.78 is 65.2. The fourth-order valence-corrected chi connectivity index (χ4v) is 4.71. The second kappa shape index (κ2) is 11.7. The Morgan fingerprint density at radius 3 is 1.97 bits per heavy atom. The quantitative estimate of drug-likeness (QED) is 0.310. The lowest BCUT2D eigenvalue weighted by molar-refractivity contribution is -0.320. The van der Waals surface area contributed by atoms with Gasteiger partial charge in [0.25, 0.3) is 10.1 Å². The van der Waals surface area contributed by atoms with Crippen molar-refractivity contribution in [1.29, 1.82) is 0 Å². The largest absolute Gasteiger partial charge is 0.550 e. The van der Waals surface area contributed by atoms with Gasteiger partial charge in [-0.1, -0.05) is 32.1 Å². The molecule has 0 amide bonds. The molecule has 0 N–H and O–H groups in total. The summed E-state index contributed by atoms with van der Waals surface area (Å²) in [5, 5.41) is 22.1. The molecule has 0 bridgehead atoms. The van der Waals surface area contributed by atoms with E-state index in [0.717, 1.165) is 0 Å². The van der Waals surface area contributed by atoms with E-state index in [1.54, 1.807) is 0 Å². The van der Waals surface area contributed by atoms with Crippen LogP contribution in [-0.4, -0.2) is 38.4 Å². The fraction of sp³-hybridized carbons (Fsp3) is 0.889. The number of carbonyl (C=O) groups excluding carboxylic acids is 2. The highest BCUT2D eigenvalue weighted by Gasteiger charge is 2.35. The third-order valence-corrected chi connectivity index (χ3v) is 6.38. The van der Waals surface area contributed by atoms with Crippen molar-refractivity contribution in [3.05, 3.63) is 0 Å². The molecule has 0 saturated heterocycles. The Bertz CT molecular complexity index is 634. The normalized spacial score (nSPS) is 23.1. The van der Waals surface area contributed by atoms with E-state index in [2.05, 4.69) is 0 Å². The lowest BCUT2D eigenvalue weighted by Crippen LogP contribution is -2.47. The molecule has 11 heteroatoms. The van der Waals surface area contributed by atoms with E-state index in [-0.39, 0.29) is 37.9 Å². The molecule has 0 spiro atoms. The van der Waals surface area contributed by atoms with Crippen molar-refractivity contribution in [2.75, 3.05) is 5.75 Å². The van der Waals surface area contributed by atoms with Gasteiger partial charge in [-0.2, -0.15) is 21.6 Å². The van der Waals surface area contributed by atoms with Crippen molar-refractivity contribution < 1.29 is 45.6 Å². The highest BCUT2D eigenvalue weighted by atomic mass is 32.2. The molecule has 1 saturated carbocycles. The maximum atomic E-state index is 12.1. The van der Waals surface area contributed by atoms with Crippen molar-refractivity contribution in [3.63, 3.8) is 0 Å². The third-order valence-electron chi connectivity index (χ3n) is 5.05. The maximum absolute atomic E-state index is 12.1. The second-order valence-electron chi connectivity index (χ2n) is 7.49. The van der Waals surface area contributed by atoms with Gasteiger partial charge in [-0.3, -0.25) is 4.18 Å². The predicted molar refractivity (Wildman–Crippen MR) is 92.5 cm³/mol. The summed E-state index contributed by atoms with van der Waals surface area (Å²) in [6.07, 6.45) is -2.89. The van der Waals surface area contributed by atoms with Crippen LogP contribution in [0.15, 0.2) is 0 Å². The predicted octanol–water partition coefficient (Wildman–Crippen LogP) is 1.30. The molecule has 1 fully saturated rings. The zero-order valence-corrected chi connectivity index (χ0v) is 16.9. The Morgan fingerprint density at radius 1 is 0.897 bits per heavy atom. The van der Waals surface area contributed by atoms with E-state index in [9.17, 15) is 41.4 Å². The molecule has 1 aliphatic carbocycles. The first-order chi connectivity index (χ1) is 13.4. The molecule has 0 aliphatic heterocycles. The van der Waals surface area contributed by atoms with Gasteiger partial charge in [0, 0.05) is 24.3 Å². The van der Waals surface area contributed by atoms with Crippen LogP contribution in [0.1, 0.15) is 70.6 Å². The molecule has 0 aromatic carbocycles. The number of aliphatic carboxylic acids is 2. The molecule has 29 heavy (non-hydrogen) atoms. The maximum Gasteiger partial charge on any atom is 0.389 e. The molecule has 1 aliphatic rings. The third kappa shape index (κ3) is 10.8. The number of unbranched alkanes of at least 4 members (excludes halogenated alkanes) is 6. The number of hydrogen-bond donors (Lipinski definition) is 0. The zero-order chi connectivity index (χ0) is 22.1. The van der Waals surface area contributed by atoms with Crippen molar-refractivity contribution in [2.45, 2.75) is 82.9 Å². The molecule has 170 valence electrons. The fourth-order valence-electron chi connectivity index (χ4n) is 3.44. The van der Waals surface area contributed by atoms with Gasteiger partial charge in [0.1, 0.15) is 0 Å². The van der Waals surface area contributed by atoms with E-state index in [1.165, 1.54) is 0 Å². The number of alkyl halides is 3. The van der Waals surface area contributed by atoms with E-state index in [0.29, 0.717) is 32.1 Å². The Morgan fingerprint density at radius 2 is 1.45 bits per heavy atom. The number of carboxylic acids is 2. The summed E-state index contributed by atoms with van der Waals surface area (Å²) in [4.78, 5) is 22.1. The number of halogens is 3. The summed E-state index contributed by atoms with van der Waals surface area (Å²) in [7, 11) is -3.98. The molecular formula is C18H27F3O7S-2. The van der Waals surface area contributed by atoms with Crippen LogP contribution in [0.2, 0.25) is 0 Å². The zero-order valence-electron chi connectivity index (χ0n) is 16.1. The molecular weight excluding hydrogens is 417 g/mol. The van der Waals surface area contributed by atoms with Crippen LogP contribution in [-0.2, 0) is 23.9 Å². The lowest BCUT2D eigenvalue weighted by Gasteiger charge is -2.36. The first-order valence-electron chi connectivity index (χ1n) is 9.81. The van der Waals surface area contributed by atoms with E-state index < -0.39 is 52.6 Å². The van der Waals surface area contributed by atoms with Crippen LogP contribution in [0.4, 0.5) is 13.2 Å². The second-order valence-corrected chi connectivity index (χ2v) is 9.21. The van der Waals surface area contributed by atoms with Gasteiger partial charge in [-0.05, 0) is 38.0 Å². The van der Waals surface area contributed by atoms with Gasteiger partial charge in [0.05, 0.1) is 11.9 Å². The summed E-state index contributed by atoms with van der Waals surface area (Å²) >= 11 is 0. The van der Waals surface area contributed by atoms with Gasteiger partial charge >= 0.3 is 6.18 Å². The molecule has 1 rings (SSSR count). The SMILES string of the molecule is O=C([O-])C1CCC(OS(=O)(=O)CCCCCCCCCC(F)(F)F)C(C(=O)[O-])C1. The van der Waals surface area contributed by atoms with E-state index in [1.807, 2.05) is 0 Å². The molecule has 0 aromatic heterocycles. The summed E-state index contributed by atoms with van der Waals surface area (Å²) in [6.45, 7) is 0. The number of hydrogen-bond acceptors (Lipinski definition) is 7. The van der Waals surface area contributed by atoms with E-state index >= 15 is 0 Å². The average molecular weight is 444 g/mol. The van der Waals surface area contributed by atoms with Gasteiger partial charge in [0.2, 0.25) is 0 Å². The van der Waals surface area contributed by atoms with Crippen molar-refractivity contribution >= 4 is 22.1 Å². The standard InChI is InChI=1S/C18H29F3O7S/c19-18(20,21)10-6-4-2-1-3-5-7-11-29(26,27)28-15-9-8-13(16(22)23)12-14(15)17(24)25/h13-15H,1-12H2,(H,22,23)(H,24,25)/p-2. The number of carboxylic acid groups (broad SMARTS) is 2. The van der Waals surface area contributed by atoms with Crippen molar-refractivity contribution in [3.8, 4) is 0 Å². The van der Waals surface area contributed by atoms with Crippen LogP contribution in [0, 0.1) is 11.8 Å². The Balaban J connectivity index is 2.28. The Kier molecular flexibility index (Phi) is 10.4. The first kappa shape index (κ1) is 25.7. The van der Waals surface area contributed by atoms with Crippen molar-refractivity contribution in [1.82, 2.24) is 0 Å². The molecule has 0 aromatic rings. The minimum atomic E-state index is -4.13. The summed E-state index contributed by atoms with van der Waals surface area (Å²) in [6, 6.07) is 0.